The van der Waals surface area contributed by atoms with Crippen LogP contribution in [-0.2, 0) is 16.6 Å². The largest absolute Gasteiger partial charge is 0.484 e. The molecule has 1 saturated heterocycles. The molecule has 1 aromatic carbocycles. The smallest absolute Gasteiger partial charge is 0.257 e. The van der Waals surface area contributed by atoms with Crippen molar-refractivity contribution in [1.82, 2.24) is 19.8 Å². The van der Waals surface area contributed by atoms with Crippen molar-refractivity contribution in [3.8, 4) is 5.75 Å². The molecular weight excluding hydrogens is 332 g/mol. The van der Waals surface area contributed by atoms with Gasteiger partial charge in [-0.1, -0.05) is 17.7 Å². The minimum absolute atomic E-state index is 0.0167. The lowest BCUT2D eigenvalue weighted by atomic mass is 9.99. The van der Waals surface area contributed by atoms with Crippen molar-refractivity contribution in [2.24, 2.45) is 13.0 Å². The number of carbonyl (C=O) groups excluding carboxylic acids is 2. The van der Waals surface area contributed by atoms with Gasteiger partial charge in [0.1, 0.15) is 11.6 Å². The number of benzene rings is 1. The molecule has 1 aliphatic rings. The van der Waals surface area contributed by atoms with Gasteiger partial charge in [-0.3, -0.25) is 9.59 Å². The van der Waals surface area contributed by atoms with Crippen molar-refractivity contribution in [2.45, 2.75) is 19.4 Å². The van der Waals surface area contributed by atoms with Gasteiger partial charge in [-0.25, -0.2) is 4.98 Å². The van der Waals surface area contributed by atoms with Gasteiger partial charge >= 0.3 is 0 Å². The number of aromatic nitrogens is 2. The van der Waals surface area contributed by atoms with E-state index in [1.807, 2.05) is 49.0 Å². The Bertz CT molecular complexity index is 784. The predicted octanol–water partition coefficient (Wildman–Crippen LogP) is 1.44. The zero-order valence-electron chi connectivity index (χ0n) is 15.3. The van der Waals surface area contributed by atoms with Gasteiger partial charge in [0.15, 0.2) is 6.61 Å². The van der Waals surface area contributed by atoms with Crippen molar-refractivity contribution < 1.29 is 14.3 Å². The van der Waals surface area contributed by atoms with Crippen molar-refractivity contribution in [3.63, 3.8) is 0 Å². The summed E-state index contributed by atoms with van der Waals surface area (Å²) in [6.07, 6.45) is 3.97. The van der Waals surface area contributed by atoms with Crippen LogP contribution in [0.3, 0.4) is 0 Å². The number of hydrogen-bond donors (Lipinski definition) is 1. The molecule has 3 rings (SSSR count). The van der Waals surface area contributed by atoms with Gasteiger partial charge in [-0.2, -0.15) is 0 Å². The maximum atomic E-state index is 12.1. The summed E-state index contributed by atoms with van der Waals surface area (Å²) in [7, 11) is 3.69. The Balaban J connectivity index is 1.55. The molecule has 1 fully saturated rings. The molecule has 2 aromatic rings. The van der Waals surface area contributed by atoms with Crippen LogP contribution in [0.25, 0.3) is 0 Å². The first-order valence-corrected chi connectivity index (χ1v) is 8.64. The second-order valence-electron chi connectivity index (χ2n) is 6.72. The Morgan fingerprint density at radius 1 is 1.31 bits per heavy atom. The molecule has 0 saturated carbocycles. The van der Waals surface area contributed by atoms with Crippen LogP contribution in [0.15, 0.2) is 36.7 Å². The number of ether oxygens (including phenoxy) is 1. The van der Waals surface area contributed by atoms with Crippen LogP contribution >= 0.6 is 0 Å². The summed E-state index contributed by atoms with van der Waals surface area (Å²) in [5.41, 5.74) is 1.14. The molecule has 2 amide bonds. The van der Waals surface area contributed by atoms with Crippen LogP contribution in [0.5, 0.6) is 5.75 Å². The van der Waals surface area contributed by atoms with Gasteiger partial charge in [-0.05, 0) is 19.1 Å². The molecule has 7 heteroatoms. The quantitative estimate of drug-likeness (QED) is 0.850. The van der Waals surface area contributed by atoms with Gasteiger partial charge in [0, 0.05) is 45.4 Å². The molecule has 138 valence electrons. The third kappa shape index (κ3) is 3.87. The van der Waals surface area contributed by atoms with E-state index in [-0.39, 0.29) is 30.4 Å². The Labute approximate surface area is 153 Å². The topological polar surface area (TPSA) is 76.5 Å². The molecule has 1 aromatic heterocycles. The van der Waals surface area contributed by atoms with Gasteiger partial charge in [0.05, 0.1) is 6.04 Å². The van der Waals surface area contributed by atoms with Gasteiger partial charge < -0.3 is 19.5 Å². The second-order valence-corrected chi connectivity index (χ2v) is 6.72. The van der Waals surface area contributed by atoms with E-state index >= 15 is 0 Å². The van der Waals surface area contributed by atoms with Crippen molar-refractivity contribution in [1.29, 1.82) is 0 Å². The Morgan fingerprint density at radius 2 is 2.04 bits per heavy atom. The minimum Gasteiger partial charge on any atom is -0.484 e. The highest BCUT2D eigenvalue weighted by molar-refractivity contribution is 5.80. The number of hydrogen-bond acceptors (Lipinski definition) is 4. The molecule has 0 spiro atoms. The molecule has 2 atom stereocenters. The number of nitrogens with one attached hydrogen (secondary N) is 1. The summed E-state index contributed by atoms with van der Waals surface area (Å²) in [6.45, 7) is 2.35. The van der Waals surface area contributed by atoms with Crippen LogP contribution in [0.1, 0.15) is 23.9 Å². The van der Waals surface area contributed by atoms with Crippen molar-refractivity contribution in [3.05, 3.63) is 48.0 Å². The second kappa shape index (κ2) is 7.59. The highest BCUT2D eigenvalue weighted by Gasteiger charge is 2.40. The normalized spacial score (nSPS) is 19.7. The van der Waals surface area contributed by atoms with E-state index in [2.05, 4.69) is 10.3 Å². The lowest BCUT2D eigenvalue weighted by Gasteiger charge is -2.24. The predicted molar refractivity (Wildman–Crippen MR) is 96.5 cm³/mol. The monoisotopic (exact) mass is 356 g/mol. The van der Waals surface area contributed by atoms with Crippen LogP contribution in [0, 0.1) is 12.8 Å². The maximum absolute atomic E-state index is 12.1. The number of likely N-dealkylation sites (tertiary alicyclic amines) is 1. The van der Waals surface area contributed by atoms with Crippen LogP contribution in [0.2, 0.25) is 0 Å². The average molecular weight is 356 g/mol. The van der Waals surface area contributed by atoms with Crippen LogP contribution in [-0.4, -0.2) is 46.5 Å². The molecule has 26 heavy (non-hydrogen) atoms. The number of aryl methyl sites for hydroxylation is 2. The summed E-state index contributed by atoms with van der Waals surface area (Å²) in [6, 6.07) is 7.41. The first kappa shape index (κ1) is 18.0. The fraction of sp³-hybridized carbons (Fsp3) is 0.421. The van der Waals surface area contributed by atoms with E-state index in [1.165, 1.54) is 0 Å². The minimum atomic E-state index is -0.203. The highest BCUT2D eigenvalue weighted by atomic mass is 16.5. The highest BCUT2D eigenvalue weighted by Crippen LogP contribution is 2.35. The van der Waals surface area contributed by atoms with Crippen LogP contribution in [0.4, 0.5) is 0 Å². The molecule has 2 heterocycles. The fourth-order valence-corrected chi connectivity index (χ4v) is 3.26. The summed E-state index contributed by atoms with van der Waals surface area (Å²) in [5, 5.41) is 2.88. The molecule has 0 aliphatic carbocycles. The zero-order valence-corrected chi connectivity index (χ0v) is 15.3. The SMILES string of the molecule is Cc1ccc(OCC(=O)NC[C@@H]2CC(=O)N(C)[C@H]2c2nccn2C)cc1. The van der Waals surface area contributed by atoms with E-state index in [0.29, 0.717) is 18.7 Å². The summed E-state index contributed by atoms with van der Waals surface area (Å²) in [5.74, 6) is 1.33. The van der Waals surface area contributed by atoms with Gasteiger partial charge in [0.25, 0.3) is 5.91 Å². The van der Waals surface area contributed by atoms with Gasteiger partial charge in [-0.15, -0.1) is 0 Å². The Morgan fingerprint density at radius 3 is 2.69 bits per heavy atom. The number of rotatable bonds is 6. The zero-order chi connectivity index (χ0) is 18.7. The Hall–Kier alpha value is -2.83. The molecule has 7 nitrogen and oxygen atoms in total. The standard InChI is InChI=1S/C19H24N4O3/c1-13-4-6-15(7-5-13)26-12-16(24)21-11-14-10-17(25)23(3)18(14)19-20-8-9-22(19)2/h4-9,14,18H,10-12H2,1-3H3,(H,21,24)/t14-,18+/m0/s1. The summed E-state index contributed by atoms with van der Waals surface area (Å²) < 4.78 is 7.40. The van der Waals surface area contributed by atoms with E-state index in [1.54, 1.807) is 18.1 Å². The van der Waals surface area contributed by atoms with Crippen molar-refractivity contribution in [2.75, 3.05) is 20.2 Å². The number of imidazole rings is 1. The number of carbonyl (C=O) groups is 2. The number of amides is 2. The molecule has 1 N–H and O–H groups in total. The van der Waals surface area contributed by atoms with Crippen molar-refractivity contribution >= 4 is 11.8 Å². The van der Waals surface area contributed by atoms with Crippen LogP contribution < -0.4 is 10.1 Å². The lowest BCUT2D eigenvalue weighted by Crippen LogP contribution is -2.35. The maximum Gasteiger partial charge on any atom is 0.257 e. The van der Waals surface area contributed by atoms with Gasteiger partial charge in [0.2, 0.25) is 5.91 Å². The first-order valence-electron chi connectivity index (χ1n) is 8.64. The first-order chi connectivity index (χ1) is 12.5. The molecule has 0 unspecified atom stereocenters. The fourth-order valence-electron chi connectivity index (χ4n) is 3.26. The summed E-state index contributed by atoms with van der Waals surface area (Å²) >= 11 is 0. The number of nitrogens with zero attached hydrogens (tertiary/aromatic N) is 3. The molecule has 1 aliphatic heterocycles. The molecule has 0 radical (unpaired) electrons. The third-order valence-corrected chi connectivity index (χ3v) is 4.77. The summed E-state index contributed by atoms with van der Waals surface area (Å²) in [4.78, 5) is 30.3. The van der Waals surface area contributed by atoms with E-state index < -0.39 is 0 Å². The molecule has 0 bridgehead atoms. The lowest BCUT2D eigenvalue weighted by molar-refractivity contribution is -0.128. The van der Waals surface area contributed by atoms with E-state index in [4.69, 9.17) is 4.74 Å². The molecular formula is C19H24N4O3. The van der Waals surface area contributed by atoms with E-state index in [0.717, 1.165) is 11.4 Å². The van der Waals surface area contributed by atoms with E-state index in [9.17, 15) is 9.59 Å². The average Bonchev–Trinajstić information content (AvgIpc) is 3.15. The Kier molecular flexibility index (Phi) is 5.25. The third-order valence-electron chi connectivity index (χ3n) is 4.77.